The summed E-state index contributed by atoms with van der Waals surface area (Å²) in [5, 5.41) is 14.6. The van der Waals surface area contributed by atoms with Gasteiger partial charge in [-0.15, -0.1) is 0 Å². The summed E-state index contributed by atoms with van der Waals surface area (Å²) in [6, 6.07) is 16.3. The number of nitrogens with zero attached hydrogens (tertiary/aromatic N) is 3. The number of nitrogens with one attached hydrogen (secondary N) is 2. The number of anilines is 3. The van der Waals surface area contributed by atoms with Crippen LogP contribution in [0.1, 0.15) is 15.9 Å². The van der Waals surface area contributed by atoms with Crippen LogP contribution in [0.5, 0.6) is 0 Å². The van der Waals surface area contributed by atoms with Gasteiger partial charge in [-0.25, -0.2) is 9.97 Å². The Morgan fingerprint density at radius 3 is 2.40 bits per heavy atom. The van der Waals surface area contributed by atoms with E-state index in [-0.39, 0.29) is 5.91 Å². The van der Waals surface area contributed by atoms with Crippen molar-refractivity contribution in [1.82, 2.24) is 9.97 Å². The highest BCUT2D eigenvalue weighted by Crippen LogP contribution is 2.17. The summed E-state index contributed by atoms with van der Waals surface area (Å²) in [6.45, 7) is 0. The SMILES string of the molecule is N#Cc1ccc(Nc2ncc(C(=O)Nc3cccc(Br)c3)cn2)cc1. The first kappa shape index (κ1) is 16.6. The standard InChI is InChI=1S/C18H12BrN5O/c19-14-2-1-3-16(8-14)23-17(25)13-10-21-18(22-11-13)24-15-6-4-12(9-20)5-7-15/h1-8,10-11H,(H,23,25)(H,21,22,24). The second kappa shape index (κ2) is 7.55. The summed E-state index contributed by atoms with van der Waals surface area (Å²) in [6.07, 6.45) is 2.90. The molecule has 1 aromatic heterocycles. The van der Waals surface area contributed by atoms with Crippen LogP contribution in [0, 0.1) is 11.3 Å². The van der Waals surface area contributed by atoms with Gasteiger partial charge in [0.15, 0.2) is 0 Å². The van der Waals surface area contributed by atoms with Crippen molar-refractivity contribution in [2.45, 2.75) is 0 Å². The van der Waals surface area contributed by atoms with E-state index in [0.717, 1.165) is 10.2 Å². The zero-order valence-corrected chi connectivity index (χ0v) is 14.5. The predicted molar refractivity (Wildman–Crippen MR) is 98.6 cm³/mol. The van der Waals surface area contributed by atoms with Gasteiger partial charge in [0.1, 0.15) is 0 Å². The van der Waals surface area contributed by atoms with Crippen molar-refractivity contribution < 1.29 is 4.79 Å². The minimum Gasteiger partial charge on any atom is -0.324 e. The molecule has 0 saturated heterocycles. The number of carbonyl (C=O) groups excluding carboxylic acids is 1. The molecule has 0 radical (unpaired) electrons. The van der Waals surface area contributed by atoms with Crippen molar-refractivity contribution >= 4 is 39.2 Å². The molecule has 3 aromatic rings. The normalized spacial score (nSPS) is 9.92. The maximum atomic E-state index is 12.2. The van der Waals surface area contributed by atoms with Gasteiger partial charge in [0, 0.05) is 28.2 Å². The topological polar surface area (TPSA) is 90.7 Å². The van der Waals surface area contributed by atoms with E-state index in [1.807, 2.05) is 12.1 Å². The number of aromatic nitrogens is 2. The van der Waals surface area contributed by atoms with Crippen LogP contribution in [-0.4, -0.2) is 15.9 Å². The molecule has 0 spiro atoms. The fourth-order valence-electron chi connectivity index (χ4n) is 2.04. The molecule has 25 heavy (non-hydrogen) atoms. The minimum atomic E-state index is -0.289. The zero-order chi connectivity index (χ0) is 17.6. The van der Waals surface area contributed by atoms with Crippen molar-refractivity contribution in [3.8, 4) is 6.07 Å². The Labute approximate surface area is 152 Å². The second-order valence-corrected chi connectivity index (χ2v) is 5.99. The lowest BCUT2D eigenvalue weighted by Crippen LogP contribution is -2.13. The lowest BCUT2D eigenvalue weighted by Gasteiger charge is -2.07. The van der Waals surface area contributed by atoms with Crippen molar-refractivity contribution in [1.29, 1.82) is 5.26 Å². The predicted octanol–water partition coefficient (Wildman–Crippen LogP) is 4.11. The summed E-state index contributed by atoms with van der Waals surface area (Å²) in [5.74, 6) is 0.0757. The van der Waals surface area contributed by atoms with Crippen LogP contribution in [0.25, 0.3) is 0 Å². The molecule has 2 aromatic carbocycles. The summed E-state index contributed by atoms with van der Waals surface area (Å²) in [7, 11) is 0. The molecule has 0 aliphatic rings. The van der Waals surface area contributed by atoms with E-state index in [2.05, 4.69) is 42.6 Å². The highest BCUT2D eigenvalue weighted by molar-refractivity contribution is 9.10. The van der Waals surface area contributed by atoms with Gasteiger partial charge in [-0.1, -0.05) is 22.0 Å². The summed E-state index contributed by atoms with van der Waals surface area (Å²) in [4.78, 5) is 20.5. The molecule has 0 atom stereocenters. The summed E-state index contributed by atoms with van der Waals surface area (Å²) >= 11 is 3.36. The van der Waals surface area contributed by atoms with Gasteiger partial charge in [-0.05, 0) is 42.5 Å². The van der Waals surface area contributed by atoms with Gasteiger partial charge >= 0.3 is 0 Å². The molecule has 0 bridgehead atoms. The van der Waals surface area contributed by atoms with Gasteiger partial charge < -0.3 is 10.6 Å². The summed E-state index contributed by atoms with van der Waals surface area (Å²) < 4.78 is 0.878. The first-order valence-corrected chi connectivity index (χ1v) is 8.09. The third-order valence-corrected chi connectivity index (χ3v) is 3.76. The number of nitriles is 1. The molecule has 6 nitrogen and oxygen atoms in total. The van der Waals surface area contributed by atoms with Crippen molar-refractivity contribution in [2.24, 2.45) is 0 Å². The van der Waals surface area contributed by atoms with Crippen LogP contribution >= 0.6 is 15.9 Å². The van der Waals surface area contributed by atoms with Gasteiger partial charge in [-0.3, -0.25) is 4.79 Å². The first-order chi connectivity index (χ1) is 12.1. The lowest BCUT2D eigenvalue weighted by atomic mass is 10.2. The molecule has 2 N–H and O–H groups in total. The van der Waals surface area contributed by atoms with Crippen LogP contribution in [0.15, 0.2) is 65.4 Å². The van der Waals surface area contributed by atoms with Crippen LogP contribution in [0.3, 0.4) is 0 Å². The van der Waals surface area contributed by atoms with Gasteiger partial charge in [0.05, 0.1) is 17.2 Å². The maximum absolute atomic E-state index is 12.2. The van der Waals surface area contributed by atoms with Gasteiger partial charge in [-0.2, -0.15) is 5.26 Å². The third kappa shape index (κ3) is 4.40. The fraction of sp³-hybridized carbons (Fsp3) is 0. The highest BCUT2D eigenvalue weighted by Gasteiger charge is 2.08. The van der Waals surface area contributed by atoms with Crippen LogP contribution in [0.2, 0.25) is 0 Å². The molecule has 7 heteroatoms. The van der Waals surface area contributed by atoms with Crippen molar-refractivity contribution in [3.05, 3.63) is 76.5 Å². The number of carbonyl (C=O) groups is 1. The van der Waals surface area contributed by atoms with Crippen LogP contribution < -0.4 is 10.6 Å². The van der Waals surface area contributed by atoms with Gasteiger partial charge in [0.2, 0.25) is 5.95 Å². The van der Waals surface area contributed by atoms with E-state index >= 15 is 0 Å². The average molecular weight is 394 g/mol. The zero-order valence-electron chi connectivity index (χ0n) is 12.9. The molecular formula is C18H12BrN5O. The van der Waals surface area contributed by atoms with E-state index in [0.29, 0.717) is 22.8 Å². The Morgan fingerprint density at radius 2 is 1.76 bits per heavy atom. The number of hydrogen-bond acceptors (Lipinski definition) is 5. The van der Waals surface area contributed by atoms with Gasteiger partial charge in [0.25, 0.3) is 5.91 Å². The third-order valence-electron chi connectivity index (χ3n) is 3.27. The highest BCUT2D eigenvalue weighted by atomic mass is 79.9. The molecule has 1 heterocycles. The fourth-order valence-corrected chi connectivity index (χ4v) is 2.44. The van der Waals surface area contributed by atoms with E-state index < -0.39 is 0 Å². The second-order valence-electron chi connectivity index (χ2n) is 5.07. The van der Waals surface area contributed by atoms with Crippen LogP contribution in [-0.2, 0) is 0 Å². The smallest absolute Gasteiger partial charge is 0.258 e. The summed E-state index contributed by atoms with van der Waals surface area (Å²) in [5.41, 5.74) is 2.36. The Bertz CT molecular complexity index is 933. The van der Waals surface area contributed by atoms with E-state index in [1.165, 1.54) is 12.4 Å². The van der Waals surface area contributed by atoms with Crippen molar-refractivity contribution in [2.75, 3.05) is 10.6 Å². The molecule has 0 fully saturated rings. The van der Waals surface area contributed by atoms with E-state index in [9.17, 15) is 4.79 Å². The molecule has 1 amide bonds. The molecule has 3 rings (SSSR count). The largest absolute Gasteiger partial charge is 0.324 e. The number of amides is 1. The van der Waals surface area contributed by atoms with Crippen molar-refractivity contribution in [3.63, 3.8) is 0 Å². The lowest BCUT2D eigenvalue weighted by molar-refractivity contribution is 0.102. The molecule has 0 aliphatic heterocycles. The molecule has 0 saturated carbocycles. The maximum Gasteiger partial charge on any atom is 0.258 e. The van der Waals surface area contributed by atoms with E-state index in [4.69, 9.17) is 5.26 Å². The molecular weight excluding hydrogens is 382 g/mol. The Morgan fingerprint density at radius 1 is 1.04 bits per heavy atom. The Balaban J connectivity index is 1.66. The molecule has 0 aliphatic carbocycles. The molecule has 122 valence electrons. The number of rotatable bonds is 4. The number of benzene rings is 2. The Kier molecular flexibility index (Phi) is 5.02. The molecule has 0 unspecified atom stereocenters. The number of hydrogen-bond donors (Lipinski definition) is 2. The minimum absolute atomic E-state index is 0.289. The quantitative estimate of drug-likeness (QED) is 0.695. The number of halogens is 1. The van der Waals surface area contributed by atoms with Crippen LogP contribution in [0.4, 0.5) is 17.3 Å². The first-order valence-electron chi connectivity index (χ1n) is 7.30. The van der Waals surface area contributed by atoms with E-state index in [1.54, 1.807) is 36.4 Å². The monoisotopic (exact) mass is 393 g/mol. The Hall–Kier alpha value is -3.24. The average Bonchev–Trinajstić information content (AvgIpc) is 2.63.